The Labute approximate surface area is 122 Å². The van der Waals surface area contributed by atoms with Crippen molar-refractivity contribution in [1.29, 1.82) is 0 Å². The molecule has 4 nitrogen and oxygen atoms in total. The van der Waals surface area contributed by atoms with Crippen LogP contribution in [0.1, 0.15) is 5.69 Å². The molecule has 94 valence electrons. The lowest BCUT2D eigenvalue weighted by atomic mass is 10.4. The van der Waals surface area contributed by atoms with Crippen molar-refractivity contribution >= 4 is 45.3 Å². The lowest BCUT2D eigenvalue weighted by Crippen LogP contribution is -1.96. The molecule has 2 N–H and O–H groups in total. The minimum absolute atomic E-state index is 0.499. The molecular formula is C11H11BrN4S2. The van der Waals surface area contributed by atoms with Crippen LogP contribution in [0.4, 0.5) is 5.82 Å². The van der Waals surface area contributed by atoms with Crippen molar-refractivity contribution in [3.8, 4) is 0 Å². The number of nitrogens with two attached hydrogens (primary N) is 1. The number of nitrogens with zero attached hydrogens (tertiary/aromatic N) is 3. The monoisotopic (exact) mass is 342 g/mol. The van der Waals surface area contributed by atoms with Crippen LogP contribution < -0.4 is 5.73 Å². The maximum atomic E-state index is 5.73. The van der Waals surface area contributed by atoms with E-state index in [9.17, 15) is 0 Å². The fraction of sp³-hybridized carbons (Fsp3) is 0.182. The topological polar surface area (TPSA) is 64.7 Å². The Kier molecular flexibility index (Phi) is 4.85. The van der Waals surface area contributed by atoms with Crippen LogP contribution in [-0.2, 0) is 5.75 Å². The Bertz CT molecular complexity index is 550. The van der Waals surface area contributed by atoms with Crippen molar-refractivity contribution in [3.05, 3.63) is 34.6 Å². The second-order valence-electron chi connectivity index (χ2n) is 3.37. The minimum atomic E-state index is 0.499. The van der Waals surface area contributed by atoms with Gasteiger partial charge in [-0.1, -0.05) is 27.7 Å². The molecule has 2 heterocycles. The molecule has 0 saturated carbocycles. The van der Waals surface area contributed by atoms with Crippen LogP contribution in [0.25, 0.3) is 0 Å². The second-order valence-corrected chi connectivity index (χ2v) is 6.06. The number of hydrogen-bond acceptors (Lipinski definition) is 6. The van der Waals surface area contributed by atoms with E-state index in [0.29, 0.717) is 11.0 Å². The van der Waals surface area contributed by atoms with E-state index in [2.05, 4.69) is 30.9 Å². The van der Waals surface area contributed by atoms with Gasteiger partial charge in [0.1, 0.15) is 10.8 Å². The van der Waals surface area contributed by atoms with Gasteiger partial charge >= 0.3 is 0 Å². The highest BCUT2D eigenvalue weighted by Crippen LogP contribution is 2.23. The fourth-order valence-electron chi connectivity index (χ4n) is 1.26. The Morgan fingerprint density at radius 1 is 1.33 bits per heavy atom. The van der Waals surface area contributed by atoms with Gasteiger partial charge < -0.3 is 5.73 Å². The zero-order chi connectivity index (χ0) is 13.0. The van der Waals surface area contributed by atoms with Crippen LogP contribution in [0.2, 0.25) is 0 Å². The predicted octanol–water partition coefficient (Wildman–Crippen LogP) is 3.23. The highest BCUT2D eigenvalue weighted by atomic mass is 79.9. The Balaban J connectivity index is 2.08. The number of hydrogen-bond donors (Lipinski definition) is 1. The average Bonchev–Trinajstić information content (AvgIpc) is 2.36. The van der Waals surface area contributed by atoms with Gasteiger partial charge in [0.2, 0.25) is 0 Å². The summed E-state index contributed by atoms with van der Waals surface area (Å²) in [6.45, 7) is 0. The summed E-state index contributed by atoms with van der Waals surface area (Å²) in [7, 11) is 0. The van der Waals surface area contributed by atoms with Gasteiger partial charge in [0.15, 0.2) is 5.16 Å². The summed E-state index contributed by atoms with van der Waals surface area (Å²) in [6, 6.07) is 5.65. The van der Waals surface area contributed by atoms with Crippen molar-refractivity contribution < 1.29 is 0 Å². The fourth-order valence-corrected chi connectivity index (χ4v) is 2.88. The summed E-state index contributed by atoms with van der Waals surface area (Å²) in [4.78, 5) is 12.9. The summed E-state index contributed by atoms with van der Waals surface area (Å²) >= 11 is 6.50. The van der Waals surface area contributed by atoms with Crippen molar-refractivity contribution in [2.24, 2.45) is 0 Å². The summed E-state index contributed by atoms with van der Waals surface area (Å²) in [5, 5.41) is 1.56. The largest absolute Gasteiger partial charge is 0.384 e. The number of pyridine rings is 1. The normalized spacial score (nSPS) is 10.6. The van der Waals surface area contributed by atoms with Gasteiger partial charge in [0.05, 0.1) is 5.69 Å². The summed E-state index contributed by atoms with van der Waals surface area (Å²) in [5.41, 5.74) is 6.71. The van der Waals surface area contributed by atoms with Gasteiger partial charge in [-0.3, -0.25) is 4.98 Å². The standard InChI is InChI=1S/C11H11BrN4S2/c1-17-10-5-9(13)15-11(16-10)18-6-8-4-7(12)2-3-14-8/h2-5H,6H2,1H3,(H2,13,15,16). The number of aromatic nitrogens is 3. The predicted molar refractivity (Wildman–Crippen MR) is 79.7 cm³/mol. The zero-order valence-corrected chi connectivity index (χ0v) is 12.8. The molecule has 0 aliphatic carbocycles. The van der Waals surface area contributed by atoms with Crippen LogP contribution >= 0.6 is 39.5 Å². The van der Waals surface area contributed by atoms with Gasteiger partial charge in [0, 0.05) is 22.5 Å². The first kappa shape index (κ1) is 13.6. The van der Waals surface area contributed by atoms with Gasteiger partial charge in [0.25, 0.3) is 0 Å². The highest BCUT2D eigenvalue weighted by molar-refractivity contribution is 9.10. The Morgan fingerprint density at radius 2 is 2.17 bits per heavy atom. The third-order valence-corrected chi connectivity index (χ3v) is 4.04. The molecule has 0 amide bonds. The van der Waals surface area contributed by atoms with Crippen LogP contribution in [0, 0.1) is 0 Å². The average molecular weight is 343 g/mol. The maximum Gasteiger partial charge on any atom is 0.190 e. The first-order valence-corrected chi connectivity index (χ1v) is 8.09. The molecule has 0 aliphatic heterocycles. The molecule has 0 saturated heterocycles. The maximum absolute atomic E-state index is 5.73. The molecule has 2 aromatic rings. The summed E-state index contributed by atoms with van der Waals surface area (Å²) in [6.07, 6.45) is 3.74. The Hall–Kier alpha value is -0.790. The lowest BCUT2D eigenvalue weighted by molar-refractivity contribution is 0.899. The van der Waals surface area contributed by atoms with E-state index >= 15 is 0 Å². The molecule has 0 spiro atoms. The molecule has 2 rings (SSSR count). The Morgan fingerprint density at radius 3 is 2.89 bits per heavy atom. The zero-order valence-electron chi connectivity index (χ0n) is 9.63. The molecular weight excluding hydrogens is 332 g/mol. The van der Waals surface area contributed by atoms with E-state index in [1.807, 2.05) is 18.4 Å². The molecule has 7 heteroatoms. The summed E-state index contributed by atoms with van der Waals surface area (Å²) < 4.78 is 1.02. The first-order valence-electron chi connectivity index (χ1n) is 5.09. The molecule has 18 heavy (non-hydrogen) atoms. The van der Waals surface area contributed by atoms with Gasteiger partial charge in [-0.15, -0.1) is 11.8 Å². The number of rotatable bonds is 4. The number of halogens is 1. The third kappa shape index (κ3) is 3.86. The van der Waals surface area contributed by atoms with Crippen molar-refractivity contribution in [1.82, 2.24) is 15.0 Å². The van der Waals surface area contributed by atoms with E-state index in [4.69, 9.17) is 5.73 Å². The van der Waals surface area contributed by atoms with E-state index in [0.717, 1.165) is 20.9 Å². The smallest absolute Gasteiger partial charge is 0.190 e. The quantitative estimate of drug-likeness (QED) is 0.522. The number of nitrogen functional groups attached to an aromatic ring is 1. The van der Waals surface area contributed by atoms with Gasteiger partial charge in [-0.05, 0) is 18.4 Å². The lowest BCUT2D eigenvalue weighted by Gasteiger charge is -2.03. The molecule has 0 aromatic carbocycles. The summed E-state index contributed by atoms with van der Waals surface area (Å²) in [5.74, 6) is 1.22. The van der Waals surface area contributed by atoms with Crippen LogP contribution in [0.3, 0.4) is 0 Å². The SMILES string of the molecule is CSc1cc(N)nc(SCc2cc(Br)ccn2)n1. The van der Waals surface area contributed by atoms with E-state index in [1.54, 1.807) is 24.0 Å². The molecule has 2 aromatic heterocycles. The van der Waals surface area contributed by atoms with E-state index in [1.165, 1.54) is 11.8 Å². The molecule has 0 aliphatic rings. The van der Waals surface area contributed by atoms with E-state index < -0.39 is 0 Å². The van der Waals surface area contributed by atoms with Crippen molar-refractivity contribution in [2.45, 2.75) is 15.9 Å². The van der Waals surface area contributed by atoms with Gasteiger partial charge in [-0.2, -0.15) is 0 Å². The van der Waals surface area contributed by atoms with Crippen molar-refractivity contribution in [3.63, 3.8) is 0 Å². The first-order chi connectivity index (χ1) is 8.67. The number of thioether (sulfide) groups is 2. The molecule has 0 bridgehead atoms. The number of anilines is 1. The second kappa shape index (κ2) is 6.40. The van der Waals surface area contributed by atoms with Gasteiger partial charge in [-0.25, -0.2) is 9.97 Å². The van der Waals surface area contributed by atoms with Crippen LogP contribution in [-0.4, -0.2) is 21.2 Å². The highest BCUT2D eigenvalue weighted by Gasteiger charge is 2.04. The van der Waals surface area contributed by atoms with Crippen LogP contribution in [0.5, 0.6) is 0 Å². The molecule has 0 unspecified atom stereocenters. The molecule has 0 fully saturated rings. The molecule has 0 radical (unpaired) electrons. The third-order valence-electron chi connectivity index (χ3n) is 2.04. The molecule has 0 atom stereocenters. The van der Waals surface area contributed by atoms with E-state index in [-0.39, 0.29) is 0 Å². The van der Waals surface area contributed by atoms with Crippen LogP contribution in [0.15, 0.2) is 39.1 Å². The minimum Gasteiger partial charge on any atom is -0.384 e. The van der Waals surface area contributed by atoms with Crippen molar-refractivity contribution in [2.75, 3.05) is 12.0 Å².